The number of halogens is 2. The van der Waals surface area contributed by atoms with Crippen LogP contribution in [0.5, 0.6) is 0 Å². The monoisotopic (exact) mass is 468 g/mol. The highest BCUT2D eigenvalue weighted by Crippen LogP contribution is 2.41. The Kier molecular flexibility index (Phi) is 9.15. The second kappa shape index (κ2) is 10.6. The van der Waals surface area contributed by atoms with Crippen molar-refractivity contribution >= 4 is 17.7 Å². The van der Waals surface area contributed by atoms with Gasteiger partial charge >= 0.3 is 0 Å². The molecule has 2 rings (SSSR count). The van der Waals surface area contributed by atoms with E-state index in [-0.39, 0.29) is 36.6 Å². The molecule has 0 aromatic rings. The molecule has 2 aliphatic rings. The van der Waals surface area contributed by atoms with E-state index >= 15 is 0 Å². The van der Waals surface area contributed by atoms with E-state index in [0.717, 1.165) is 0 Å². The van der Waals surface area contributed by atoms with E-state index in [0.29, 0.717) is 19.4 Å². The van der Waals surface area contributed by atoms with E-state index in [1.165, 1.54) is 25.6 Å². The van der Waals surface area contributed by atoms with Crippen LogP contribution < -0.4 is 10.6 Å². The molecule has 2 fully saturated rings. The molecule has 0 aromatic carbocycles. The smallest absolute Gasteiger partial charge is 0.247 e. The van der Waals surface area contributed by atoms with Gasteiger partial charge in [-0.25, -0.2) is 8.78 Å². The Labute approximate surface area is 187 Å². The van der Waals surface area contributed by atoms with Crippen LogP contribution in [0.15, 0.2) is 0 Å². The maximum Gasteiger partial charge on any atom is 0.247 e. The maximum absolute atomic E-state index is 13.8. The third-order valence-corrected chi connectivity index (χ3v) is 7.71. The van der Waals surface area contributed by atoms with Gasteiger partial charge in [-0.05, 0) is 37.5 Å². The number of aliphatic hydroxyl groups excluding tert-OH is 3. The lowest BCUT2D eigenvalue weighted by atomic mass is 9.70. The van der Waals surface area contributed by atoms with Crippen molar-refractivity contribution in [2.45, 2.75) is 101 Å². The van der Waals surface area contributed by atoms with Crippen molar-refractivity contribution in [3.8, 4) is 0 Å². The third-order valence-electron chi connectivity index (χ3n) is 6.85. The van der Waals surface area contributed by atoms with Crippen molar-refractivity contribution in [2.24, 2.45) is 11.8 Å². The number of alkyl halides is 2. The van der Waals surface area contributed by atoms with Gasteiger partial charge in [0.15, 0.2) is 0 Å². The number of ether oxygens (including phenoxy) is 1. The minimum Gasteiger partial charge on any atom is -0.387 e. The molecule has 31 heavy (non-hydrogen) atoms. The molecule has 2 saturated heterocycles. The van der Waals surface area contributed by atoms with Gasteiger partial charge in [-0.1, -0.05) is 20.8 Å². The summed E-state index contributed by atoms with van der Waals surface area (Å²) in [6.45, 7) is 7.13. The van der Waals surface area contributed by atoms with Gasteiger partial charge in [-0.2, -0.15) is 0 Å². The van der Waals surface area contributed by atoms with E-state index in [2.05, 4.69) is 10.6 Å². The molecule has 8 atom stereocenters. The first kappa shape index (κ1) is 26.7. The van der Waals surface area contributed by atoms with Gasteiger partial charge in [0.05, 0.1) is 5.54 Å². The number of carbonyl (C=O) groups excluding carboxylic acids is 1. The average Bonchev–Trinajstić information content (AvgIpc) is 3.18. The number of rotatable bonds is 9. The van der Waals surface area contributed by atoms with Crippen molar-refractivity contribution in [3.05, 3.63) is 0 Å². The first-order valence-electron chi connectivity index (χ1n) is 11.0. The summed E-state index contributed by atoms with van der Waals surface area (Å²) in [6, 6.07) is -0.360. The van der Waals surface area contributed by atoms with Gasteiger partial charge in [-0.15, -0.1) is 11.8 Å². The van der Waals surface area contributed by atoms with E-state index < -0.39 is 41.3 Å². The summed E-state index contributed by atoms with van der Waals surface area (Å²) in [4.78, 5) is 12.3. The second-order valence-electron chi connectivity index (χ2n) is 9.21. The van der Waals surface area contributed by atoms with Crippen molar-refractivity contribution in [2.75, 3.05) is 12.8 Å². The van der Waals surface area contributed by atoms with E-state index in [9.17, 15) is 28.9 Å². The van der Waals surface area contributed by atoms with Gasteiger partial charge in [0, 0.05) is 25.8 Å². The molecule has 2 heterocycles. The highest BCUT2D eigenvalue weighted by Gasteiger charge is 2.58. The topological polar surface area (TPSA) is 111 Å². The normalized spacial score (nSPS) is 36.4. The van der Waals surface area contributed by atoms with Crippen LogP contribution in [-0.2, 0) is 9.53 Å². The number of amides is 1. The largest absolute Gasteiger partial charge is 0.387 e. The number of carbonyl (C=O) groups is 1. The lowest BCUT2D eigenvalue weighted by Gasteiger charge is -2.53. The molecular weight excluding hydrogens is 430 g/mol. The average molecular weight is 469 g/mol. The Morgan fingerprint density at radius 2 is 1.90 bits per heavy atom. The zero-order valence-electron chi connectivity index (χ0n) is 19.0. The predicted molar refractivity (Wildman–Crippen MR) is 116 cm³/mol. The van der Waals surface area contributed by atoms with Crippen LogP contribution in [0.25, 0.3) is 0 Å². The molecule has 2 aliphatic heterocycles. The Morgan fingerprint density at radius 3 is 2.42 bits per heavy atom. The fourth-order valence-corrected chi connectivity index (χ4v) is 5.63. The standard InChI is InChI=1S/C21H38F2N2O5S/c1-6-20(22,23)8-7-13-9-14(24-10-13)21(11(2)3,25-12(4)26)18-16(28)15(27)17(29)19(30-18)31-5/h11,13-19,24,27-29H,6-10H2,1-5H3,(H,25,26). The Morgan fingerprint density at radius 1 is 1.26 bits per heavy atom. The van der Waals surface area contributed by atoms with Gasteiger partial charge in [-0.3, -0.25) is 4.79 Å². The molecule has 0 spiro atoms. The number of nitrogens with one attached hydrogen (secondary N) is 2. The van der Waals surface area contributed by atoms with Crippen LogP contribution in [0, 0.1) is 11.8 Å². The summed E-state index contributed by atoms with van der Waals surface area (Å²) >= 11 is 1.21. The SMILES string of the molecule is CCC(F)(F)CCC1CNC(C(NC(C)=O)(C(C)C)C2OC(SC)C(O)C(O)C2O)C1. The molecule has 1 amide bonds. The minimum atomic E-state index is -2.70. The Bertz CT molecular complexity index is 612. The van der Waals surface area contributed by atoms with Crippen LogP contribution in [0.3, 0.4) is 0 Å². The van der Waals surface area contributed by atoms with Gasteiger partial charge in [0.1, 0.15) is 29.9 Å². The maximum atomic E-state index is 13.8. The molecular formula is C21H38F2N2O5S. The first-order chi connectivity index (χ1) is 14.4. The highest BCUT2D eigenvalue weighted by molar-refractivity contribution is 7.99. The predicted octanol–water partition coefficient (Wildman–Crippen LogP) is 1.49. The zero-order chi connectivity index (χ0) is 23.6. The third kappa shape index (κ3) is 5.70. The summed E-state index contributed by atoms with van der Waals surface area (Å²) in [7, 11) is 0. The molecule has 7 nitrogen and oxygen atoms in total. The van der Waals surface area contributed by atoms with Crippen LogP contribution in [0.1, 0.15) is 53.4 Å². The summed E-state index contributed by atoms with van der Waals surface area (Å²) in [6.07, 6.45) is -2.95. The van der Waals surface area contributed by atoms with Gasteiger partial charge < -0.3 is 30.7 Å². The van der Waals surface area contributed by atoms with E-state index in [1.807, 2.05) is 13.8 Å². The van der Waals surface area contributed by atoms with Gasteiger partial charge in [0.25, 0.3) is 0 Å². The van der Waals surface area contributed by atoms with Crippen LogP contribution in [-0.4, -0.2) is 81.4 Å². The highest BCUT2D eigenvalue weighted by atomic mass is 32.2. The fourth-order valence-electron chi connectivity index (χ4n) is 4.96. The lowest BCUT2D eigenvalue weighted by Crippen LogP contribution is -2.75. The lowest BCUT2D eigenvalue weighted by molar-refractivity contribution is -0.226. The van der Waals surface area contributed by atoms with Crippen LogP contribution in [0.2, 0.25) is 0 Å². The molecule has 8 unspecified atom stereocenters. The van der Waals surface area contributed by atoms with Crippen molar-refractivity contribution in [1.82, 2.24) is 10.6 Å². The molecule has 0 saturated carbocycles. The molecule has 182 valence electrons. The van der Waals surface area contributed by atoms with E-state index in [4.69, 9.17) is 4.74 Å². The molecule has 5 N–H and O–H groups in total. The van der Waals surface area contributed by atoms with Crippen molar-refractivity contribution in [3.63, 3.8) is 0 Å². The second-order valence-corrected chi connectivity index (χ2v) is 10.1. The number of thioether (sulfide) groups is 1. The van der Waals surface area contributed by atoms with Crippen molar-refractivity contribution < 1.29 is 33.6 Å². The minimum absolute atomic E-state index is 0.0121. The quantitative estimate of drug-likeness (QED) is 0.349. The number of hydrogen-bond donors (Lipinski definition) is 5. The van der Waals surface area contributed by atoms with Crippen LogP contribution >= 0.6 is 11.8 Å². The summed E-state index contributed by atoms with van der Waals surface area (Å²) in [5.74, 6) is -3.26. The number of hydrogen-bond acceptors (Lipinski definition) is 7. The molecule has 0 aromatic heterocycles. The zero-order valence-corrected chi connectivity index (χ0v) is 19.8. The molecule has 0 radical (unpaired) electrons. The summed E-state index contributed by atoms with van der Waals surface area (Å²) < 4.78 is 33.6. The van der Waals surface area contributed by atoms with Crippen LogP contribution in [0.4, 0.5) is 8.78 Å². The molecule has 10 heteroatoms. The first-order valence-corrected chi connectivity index (χ1v) is 12.3. The molecule has 0 bridgehead atoms. The number of aliphatic hydroxyl groups is 3. The summed E-state index contributed by atoms with van der Waals surface area (Å²) in [5, 5.41) is 38.0. The Balaban J connectivity index is 2.33. The van der Waals surface area contributed by atoms with Gasteiger partial charge in [0.2, 0.25) is 11.8 Å². The fraction of sp³-hybridized carbons (Fsp3) is 0.952. The Hall–Kier alpha value is -0.520. The van der Waals surface area contributed by atoms with Crippen molar-refractivity contribution in [1.29, 1.82) is 0 Å². The molecule has 0 aliphatic carbocycles. The summed E-state index contributed by atoms with van der Waals surface area (Å²) in [5.41, 5.74) is -1.89. The van der Waals surface area contributed by atoms with E-state index in [1.54, 1.807) is 6.26 Å².